The predicted octanol–water partition coefficient (Wildman–Crippen LogP) is 4.74. The largest absolute Gasteiger partial charge is 0.344 e. The number of carbonyl (C=O) groups excluding carboxylic acids is 2. The molecule has 37 heavy (non-hydrogen) atoms. The van der Waals surface area contributed by atoms with Crippen LogP contribution < -0.4 is 5.32 Å². The summed E-state index contributed by atoms with van der Waals surface area (Å²) in [7, 11) is 0. The second-order valence-corrected chi connectivity index (χ2v) is 9.92. The van der Waals surface area contributed by atoms with Crippen molar-refractivity contribution in [1.82, 2.24) is 25.0 Å². The molecule has 1 fully saturated rings. The smallest absolute Gasteiger partial charge is 0.282 e. The standard InChI is InChI=1S/C28H31F2N5O2/c1-18-15-24(27(29)30)33-35(18)17-26(36)34-13-10-19(11-14-34)21-9-12-31-25(16-21)28(37)32-23-8-4-6-20-5-2-3-7-22(20)23/h2-3,5,7,9,12,15-16,19,23,27H,4,6,8,10-11,13-14,17H2,1H3,(H,32,37). The lowest BCUT2D eigenvalue weighted by atomic mass is 9.87. The lowest BCUT2D eigenvalue weighted by molar-refractivity contribution is -0.133. The monoisotopic (exact) mass is 507 g/mol. The van der Waals surface area contributed by atoms with Gasteiger partial charge in [-0.1, -0.05) is 24.3 Å². The van der Waals surface area contributed by atoms with Crippen molar-refractivity contribution in [2.24, 2.45) is 0 Å². The number of fused-ring (bicyclic) bond motifs is 1. The van der Waals surface area contributed by atoms with Crippen LogP contribution in [-0.4, -0.2) is 44.6 Å². The van der Waals surface area contributed by atoms with Gasteiger partial charge in [-0.05, 0) is 79.8 Å². The molecule has 3 aromatic rings. The first-order chi connectivity index (χ1) is 17.9. The molecule has 1 N–H and O–H groups in total. The number of amides is 2. The molecule has 0 bridgehead atoms. The molecule has 0 saturated carbocycles. The normalized spacial score (nSPS) is 18.1. The molecule has 2 aromatic heterocycles. The number of aryl methyl sites for hydroxylation is 2. The summed E-state index contributed by atoms with van der Waals surface area (Å²) >= 11 is 0. The highest BCUT2D eigenvalue weighted by Gasteiger charge is 2.27. The van der Waals surface area contributed by atoms with Gasteiger partial charge in [0.15, 0.2) is 0 Å². The summed E-state index contributed by atoms with van der Waals surface area (Å²) in [6.07, 6.45) is 3.53. The lowest BCUT2D eigenvalue weighted by Gasteiger charge is -2.32. The molecule has 0 radical (unpaired) electrons. The van der Waals surface area contributed by atoms with E-state index in [1.807, 2.05) is 24.3 Å². The van der Waals surface area contributed by atoms with Crippen molar-refractivity contribution in [2.75, 3.05) is 13.1 Å². The van der Waals surface area contributed by atoms with E-state index in [2.05, 4.69) is 27.5 Å². The van der Waals surface area contributed by atoms with Crippen LogP contribution in [0.15, 0.2) is 48.7 Å². The third kappa shape index (κ3) is 5.55. The van der Waals surface area contributed by atoms with Crippen molar-refractivity contribution in [3.8, 4) is 0 Å². The Balaban J connectivity index is 1.18. The highest BCUT2D eigenvalue weighted by atomic mass is 19.3. The van der Waals surface area contributed by atoms with Gasteiger partial charge in [0.2, 0.25) is 5.91 Å². The summed E-state index contributed by atoms with van der Waals surface area (Å²) < 4.78 is 27.2. The van der Waals surface area contributed by atoms with Crippen molar-refractivity contribution in [1.29, 1.82) is 0 Å². The maximum absolute atomic E-state index is 13.1. The number of aromatic nitrogens is 3. The van der Waals surface area contributed by atoms with Gasteiger partial charge in [0.25, 0.3) is 12.3 Å². The Morgan fingerprint density at radius 2 is 1.89 bits per heavy atom. The Morgan fingerprint density at radius 1 is 1.11 bits per heavy atom. The van der Waals surface area contributed by atoms with Crippen LogP contribution in [0.25, 0.3) is 0 Å². The minimum Gasteiger partial charge on any atom is -0.344 e. The number of piperidine rings is 1. The van der Waals surface area contributed by atoms with Gasteiger partial charge in [-0.25, -0.2) is 8.78 Å². The van der Waals surface area contributed by atoms with Crippen molar-refractivity contribution in [3.05, 3.63) is 82.4 Å². The lowest BCUT2D eigenvalue weighted by Crippen LogP contribution is -2.40. The quantitative estimate of drug-likeness (QED) is 0.523. The first-order valence-electron chi connectivity index (χ1n) is 12.8. The van der Waals surface area contributed by atoms with Crippen LogP contribution in [0.3, 0.4) is 0 Å². The predicted molar refractivity (Wildman–Crippen MR) is 134 cm³/mol. The highest BCUT2D eigenvalue weighted by molar-refractivity contribution is 5.92. The van der Waals surface area contributed by atoms with Gasteiger partial charge in [-0.2, -0.15) is 5.10 Å². The Bertz CT molecular complexity index is 1280. The highest BCUT2D eigenvalue weighted by Crippen LogP contribution is 2.31. The fourth-order valence-corrected chi connectivity index (χ4v) is 5.45. The number of nitrogens with one attached hydrogen (secondary N) is 1. The molecule has 2 aliphatic rings. The summed E-state index contributed by atoms with van der Waals surface area (Å²) in [5, 5.41) is 7.03. The third-order valence-corrected chi connectivity index (χ3v) is 7.52. The van der Waals surface area contributed by atoms with Gasteiger partial charge in [-0.15, -0.1) is 0 Å². The van der Waals surface area contributed by atoms with E-state index in [4.69, 9.17) is 0 Å². The zero-order valence-electron chi connectivity index (χ0n) is 20.9. The second kappa shape index (κ2) is 10.8. The van der Waals surface area contributed by atoms with Gasteiger partial charge in [-0.3, -0.25) is 19.3 Å². The van der Waals surface area contributed by atoms with E-state index < -0.39 is 6.43 Å². The van der Waals surface area contributed by atoms with E-state index in [0.29, 0.717) is 24.5 Å². The van der Waals surface area contributed by atoms with Crippen molar-refractivity contribution in [3.63, 3.8) is 0 Å². The molecule has 5 rings (SSSR count). The topological polar surface area (TPSA) is 80.1 Å². The van der Waals surface area contributed by atoms with Crippen LogP contribution in [0, 0.1) is 6.92 Å². The number of pyridine rings is 1. The van der Waals surface area contributed by atoms with E-state index in [9.17, 15) is 18.4 Å². The van der Waals surface area contributed by atoms with Crippen LogP contribution in [-0.2, 0) is 17.8 Å². The number of hydrogen-bond acceptors (Lipinski definition) is 4. The number of carbonyl (C=O) groups is 2. The van der Waals surface area contributed by atoms with Crippen molar-refractivity contribution < 1.29 is 18.4 Å². The maximum Gasteiger partial charge on any atom is 0.282 e. The van der Waals surface area contributed by atoms with Gasteiger partial charge in [0, 0.05) is 25.0 Å². The zero-order valence-corrected chi connectivity index (χ0v) is 20.9. The average Bonchev–Trinajstić information content (AvgIpc) is 3.29. The number of nitrogens with zero attached hydrogens (tertiary/aromatic N) is 4. The maximum atomic E-state index is 13.1. The fraction of sp³-hybridized carbons (Fsp3) is 0.429. The minimum atomic E-state index is -2.66. The second-order valence-electron chi connectivity index (χ2n) is 9.92. The summed E-state index contributed by atoms with van der Waals surface area (Å²) in [5.74, 6) is -0.0900. The molecule has 2 amide bonds. The Labute approximate surface area is 214 Å². The van der Waals surface area contributed by atoms with Crippen LogP contribution >= 0.6 is 0 Å². The van der Waals surface area contributed by atoms with Crippen molar-refractivity contribution in [2.45, 2.75) is 64.0 Å². The molecule has 194 valence electrons. The number of halogens is 2. The number of hydrogen-bond donors (Lipinski definition) is 1. The number of alkyl halides is 2. The van der Waals surface area contributed by atoms with Gasteiger partial charge >= 0.3 is 0 Å². The number of likely N-dealkylation sites (tertiary alicyclic amines) is 1. The molecular weight excluding hydrogens is 476 g/mol. The summed E-state index contributed by atoms with van der Waals surface area (Å²) in [6, 6.07) is 13.4. The minimum absolute atomic E-state index is 0.00708. The van der Waals surface area contributed by atoms with Crippen LogP contribution in [0.1, 0.15) is 82.6 Å². The molecule has 1 aliphatic carbocycles. The Hall–Kier alpha value is -3.62. The SMILES string of the molecule is Cc1cc(C(F)F)nn1CC(=O)N1CCC(c2ccnc(C(=O)NC3CCCc4ccccc43)c2)CC1. The third-order valence-electron chi connectivity index (χ3n) is 7.52. The van der Waals surface area contributed by atoms with E-state index in [1.54, 1.807) is 18.0 Å². The van der Waals surface area contributed by atoms with Gasteiger partial charge < -0.3 is 10.2 Å². The number of rotatable bonds is 6. The van der Waals surface area contributed by atoms with Gasteiger partial charge in [0.05, 0.1) is 6.04 Å². The molecular formula is C28H31F2N5O2. The average molecular weight is 508 g/mol. The van der Waals surface area contributed by atoms with E-state index >= 15 is 0 Å². The Kier molecular flexibility index (Phi) is 7.30. The first-order valence-corrected chi connectivity index (χ1v) is 12.8. The first kappa shape index (κ1) is 25.0. The van der Waals surface area contributed by atoms with Crippen LogP contribution in [0.4, 0.5) is 8.78 Å². The zero-order chi connectivity index (χ0) is 25.9. The number of benzene rings is 1. The molecule has 9 heteroatoms. The molecule has 1 saturated heterocycles. The molecule has 1 atom stereocenters. The summed E-state index contributed by atoms with van der Waals surface area (Å²) in [4.78, 5) is 31.9. The van der Waals surface area contributed by atoms with Crippen LogP contribution in [0.2, 0.25) is 0 Å². The molecule has 0 spiro atoms. The fourth-order valence-electron chi connectivity index (χ4n) is 5.45. The van der Waals surface area contributed by atoms with E-state index in [0.717, 1.165) is 37.7 Å². The molecule has 1 aliphatic heterocycles. The summed E-state index contributed by atoms with van der Waals surface area (Å²) in [5.41, 5.74) is 4.15. The molecule has 1 aromatic carbocycles. The molecule has 7 nitrogen and oxygen atoms in total. The van der Waals surface area contributed by atoms with Crippen LogP contribution in [0.5, 0.6) is 0 Å². The van der Waals surface area contributed by atoms with E-state index in [1.165, 1.54) is 21.9 Å². The van der Waals surface area contributed by atoms with Crippen molar-refractivity contribution >= 4 is 11.8 Å². The summed E-state index contributed by atoms with van der Waals surface area (Å²) in [6.45, 7) is 2.75. The molecule has 3 heterocycles. The molecule has 1 unspecified atom stereocenters. The van der Waals surface area contributed by atoms with Gasteiger partial charge in [0.1, 0.15) is 17.9 Å². The van der Waals surface area contributed by atoms with E-state index in [-0.39, 0.29) is 36.0 Å². The Morgan fingerprint density at radius 3 is 2.65 bits per heavy atom.